The molecule has 3 rings (SSSR count). The fourth-order valence-electron chi connectivity index (χ4n) is 3.19. The Labute approximate surface area is 164 Å². The van der Waals surface area contributed by atoms with Gasteiger partial charge < -0.3 is 20.5 Å². The molecule has 1 aromatic carbocycles. The lowest BCUT2D eigenvalue weighted by atomic mass is 9.98. The van der Waals surface area contributed by atoms with Gasteiger partial charge in [-0.2, -0.15) is 0 Å². The van der Waals surface area contributed by atoms with E-state index in [0.717, 1.165) is 23.1 Å². The van der Waals surface area contributed by atoms with Gasteiger partial charge in [0.15, 0.2) is 0 Å². The van der Waals surface area contributed by atoms with E-state index in [-0.39, 0.29) is 11.9 Å². The SMILES string of the molecule is CC(=O)Nc1cc2c(cn1)COc1c-2ccc(OCC(C)CC(C)N)c1Cl. The van der Waals surface area contributed by atoms with E-state index < -0.39 is 0 Å². The fourth-order valence-corrected chi connectivity index (χ4v) is 3.46. The van der Waals surface area contributed by atoms with Gasteiger partial charge in [-0.25, -0.2) is 4.98 Å². The van der Waals surface area contributed by atoms with E-state index in [1.807, 2.05) is 25.1 Å². The number of aromatic nitrogens is 1. The monoisotopic (exact) mass is 389 g/mol. The van der Waals surface area contributed by atoms with Gasteiger partial charge in [0.25, 0.3) is 0 Å². The smallest absolute Gasteiger partial charge is 0.222 e. The van der Waals surface area contributed by atoms with Gasteiger partial charge in [-0.15, -0.1) is 0 Å². The number of hydrogen-bond acceptors (Lipinski definition) is 5. The number of halogens is 1. The third-order valence-electron chi connectivity index (χ3n) is 4.31. The summed E-state index contributed by atoms with van der Waals surface area (Å²) in [6.07, 6.45) is 2.59. The molecule has 0 radical (unpaired) electrons. The number of nitrogens with zero attached hydrogens (tertiary/aromatic N) is 1. The minimum Gasteiger partial charge on any atom is -0.492 e. The van der Waals surface area contributed by atoms with Gasteiger partial charge in [0.05, 0.1) is 6.61 Å². The second-order valence-electron chi connectivity index (χ2n) is 7.08. The number of benzene rings is 1. The van der Waals surface area contributed by atoms with Crippen molar-refractivity contribution in [2.75, 3.05) is 11.9 Å². The molecule has 1 aliphatic heterocycles. The maximum Gasteiger partial charge on any atom is 0.222 e. The van der Waals surface area contributed by atoms with Gasteiger partial charge in [-0.1, -0.05) is 18.5 Å². The second kappa shape index (κ2) is 8.15. The van der Waals surface area contributed by atoms with Gasteiger partial charge in [-0.05, 0) is 43.0 Å². The molecule has 0 spiro atoms. The highest BCUT2D eigenvalue weighted by Crippen LogP contribution is 2.46. The Kier molecular flexibility index (Phi) is 5.87. The summed E-state index contributed by atoms with van der Waals surface area (Å²) in [6.45, 7) is 6.43. The summed E-state index contributed by atoms with van der Waals surface area (Å²) in [5, 5.41) is 3.15. The maximum absolute atomic E-state index is 11.3. The van der Waals surface area contributed by atoms with Crippen molar-refractivity contribution in [3.63, 3.8) is 0 Å². The summed E-state index contributed by atoms with van der Waals surface area (Å²) in [7, 11) is 0. The van der Waals surface area contributed by atoms with Gasteiger partial charge in [0.2, 0.25) is 5.91 Å². The largest absolute Gasteiger partial charge is 0.492 e. The molecular formula is C20H24ClN3O3. The topological polar surface area (TPSA) is 86.5 Å². The van der Waals surface area contributed by atoms with Gasteiger partial charge in [-0.3, -0.25) is 4.79 Å². The van der Waals surface area contributed by atoms with E-state index in [2.05, 4.69) is 17.2 Å². The van der Waals surface area contributed by atoms with E-state index >= 15 is 0 Å². The molecule has 7 heteroatoms. The Morgan fingerprint density at radius 2 is 2.19 bits per heavy atom. The van der Waals surface area contributed by atoms with E-state index in [1.165, 1.54) is 6.92 Å². The molecule has 1 aliphatic rings. The summed E-state index contributed by atoms with van der Waals surface area (Å²) in [5.41, 5.74) is 8.57. The first-order valence-corrected chi connectivity index (χ1v) is 9.33. The summed E-state index contributed by atoms with van der Waals surface area (Å²) in [4.78, 5) is 15.5. The molecular weight excluding hydrogens is 366 g/mol. The van der Waals surface area contributed by atoms with Crippen LogP contribution in [0, 0.1) is 5.92 Å². The zero-order chi connectivity index (χ0) is 19.6. The standard InChI is InChI=1S/C20H24ClN3O3/c1-11(6-12(2)22)9-26-17-5-4-15-16-7-18(24-13(3)25)23-8-14(16)10-27-20(15)19(17)21/h4-5,7-8,11-12H,6,9-10,22H2,1-3H3,(H,23,24,25). The zero-order valence-corrected chi connectivity index (χ0v) is 16.5. The number of ether oxygens (including phenoxy) is 2. The number of hydrogen-bond donors (Lipinski definition) is 2. The van der Waals surface area contributed by atoms with Crippen LogP contribution in [-0.4, -0.2) is 23.5 Å². The minimum absolute atomic E-state index is 0.133. The number of rotatable bonds is 6. The number of nitrogens with two attached hydrogens (primary N) is 1. The van der Waals surface area contributed by atoms with E-state index in [9.17, 15) is 4.79 Å². The lowest BCUT2D eigenvalue weighted by Gasteiger charge is -2.23. The van der Waals surface area contributed by atoms with E-state index in [0.29, 0.717) is 41.5 Å². The van der Waals surface area contributed by atoms with Crippen molar-refractivity contribution in [2.45, 2.75) is 39.8 Å². The summed E-state index contributed by atoms with van der Waals surface area (Å²) >= 11 is 6.55. The Morgan fingerprint density at radius 1 is 1.41 bits per heavy atom. The summed E-state index contributed by atoms with van der Waals surface area (Å²) < 4.78 is 11.7. The predicted octanol–water partition coefficient (Wildman–Crippen LogP) is 4.01. The Morgan fingerprint density at radius 3 is 2.89 bits per heavy atom. The van der Waals surface area contributed by atoms with Gasteiger partial charge in [0.1, 0.15) is 28.9 Å². The van der Waals surface area contributed by atoms with Crippen LogP contribution >= 0.6 is 11.6 Å². The fraction of sp³-hybridized carbons (Fsp3) is 0.400. The molecule has 144 valence electrons. The van der Waals surface area contributed by atoms with Crippen LogP contribution in [-0.2, 0) is 11.4 Å². The Hall–Kier alpha value is -2.31. The molecule has 3 N–H and O–H groups in total. The van der Waals surface area contributed by atoms with Crippen molar-refractivity contribution in [1.29, 1.82) is 0 Å². The maximum atomic E-state index is 11.3. The molecule has 2 unspecified atom stereocenters. The third kappa shape index (κ3) is 4.51. The van der Waals surface area contributed by atoms with Crippen molar-refractivity contribution < 1.29 is 14.3 Å². The molecule has 2 atom stereocenters. The van der Waals surface area contributed by atoms with Crippen molar-refractivity contribution in [1.82, 2.24) is 4.98 Å². The number of carbonyl (C=O) groups is 1. The highest BCUT2D eigenvalue weighted by molar-refractivity contribution is 6.34. The first kappa shape index (κ1) is 19.5. The van der Waals surface area contributed by atoms with Crippen LogP contribution in [0.2, 0.25) is 5.02 Å². The molecule has 0 fully saturated rings. The second-order valence-corrected chi connectivity index (χ2v) is 7.46. The minimum atomic E-state index is -0.169. The Bertz CT molecular complexity index is 855. The number of carbonyl (C=O) groups excluding carboxylic acids is 1. The summed E-state index contributed by atoms with van der Waals surface area (Å²) in [5.74, 6) is 1.82. The first-order chi connectivity index (χ1) is 12.8. The highest BCUT2D eigenvalue weighted by Gasteiger charge is 2.23. The molecule has 0 bridgehead atoms. The van der Waals surface area contributed by atoms with Crippen LogP contribution in [0.3, 0.4) is 0 Å². The molecule has 1 amide bonds. The lowest BCUT2D eigenvalue weighted by molar-refractivity contribution is -0.114. The van der Waals surface area contributed by atoms with Gasteiger partial charge in [0, 0.05) is 30.3 Å². The van der Waals surface area contributed by atoms with Crippen LogP contribution in [0.1, 0.15) is 32.8 Å². The number of amides is 1. The summed E-state index contributed by atoms with van der Waals surface area (Å²) in [6, 6.07) is 5.73. The van der Waals surface area contributed by atoms with Crippen LogP contribution in [0.25, 0.3) is 11.1 Å². The molecule has 0 aliphatic carbocycles. The highest BCUT2D eigenvalue weighted by atomic mass is 35.5. The number of pyridine rings is 1. The first-order valence-electron chi connectivity index (χ1n) is 8.95. The Balaban J connectivity index is 1.85. The number of fused-ring (bicyclic) bond motifs is 3. The van der Waals surface area contributed by atoms with Crippen molar-refractivity contribution >= 4 is 23.3 Å². The van der Waals surface area contributed by atoms with Crippen LogP contribution in [0.4, 0.5) is 5.82 Å². The molecule has 2 aromatic rings. The molecule has 0 saturated heterocycles. The number of nitrogens with one attached hydrogen (secondary N) is 1. The quantitative estimate of drug-likeness (QED) is 0.779. The van der Waals surface area contributed by atoms with Crippen molar-refractivity contribution in [3.8, 4) is 22.6 Å². The molecule has 0 saturated carbocycles. The third-order valence-corrected chi connectivity index (χ3v) is 4.67. The van der Waals surface area contributed by atoms with Crippen LogP contribution < -0.4 is 20.5 Å². The predicted molar refractivity (Wildman–Crippen MR) is 106 cm³/mol. The van der Waals surface area contributed by atoms with Crippen molar-refractivity contribution in [2.24, 2.45) is 11.7 Å². The number of anilines is 1. The average molecular weight is 390 g/mol. The molecule has 2 heterocycles. The van der Waals surface area contributed by atoms with Crippen LogP contribution in [0.5, 0.6) is 11.5 Å². The van der Waals surface area contributed by atoms with E-state index in [1.54, 1.807) is 6.20 Å². The molecule has 6 nitrogen and oxygen atoms in total. The van der Waals surface area contributed by atoms with Gasteiger partial charge >= 0.3 is 0 Å². The van der Waals surface area contributed by atoms with E-state index in [4.69, 9.17) is 26.8 Å². The average Bonchev–Trinajstić information content (AvgIpc) is 2.60. The molecule has 1 aromatic heterocycles. The van der Waals surface area contributed by atoms with Crippen molar-refractivity contribution in [3.05, 3.63) is 35.0 Å². The normalized spacial score (nSPS) is 14.4. The molecule has 27 heavy (non-hydrogen) atoms. The zero-order valence-electron chi connectivity index (χ0n) is 15.7. The van der Waals surface area contributed by atoms with Crippen LogP contribution in [0.15, 0.2) is 24.4 Å². The lowest BCUT2D eigenvalue weighted by Crippen LogP contribution is -2.21.